The number of hydrogen-bond donors (Lipinski definition) is 1. The van der Waals surface area contributed by atoms with Gasteiger partial charge >= 0.3 is 0 Å². The number of likely N-dealkylation sites (N-methyl/N-ethyl adjacent to an activating group) is 1. The van der Waals surface area contributed by atoms with Gasteiger partial charge in [0.15, 0.2) is 0 Å². The minimum Gasteiger partial charge on any atom is -0.355 e. The molecule has 2 amide bonds. The van der Waals surface area contributed by atoms with E-state index in [9.17, 15) is 18.0 Å². The number of amides is 2. The number of rotatable bonds is 9. The van der Waals surface area contributed by atoms with Gasteiger partial charge in [0.2, 0.25) is 21.8 Å². The predicted octanol–water partition coefficient (Wildman–Crippen LogP) is 3.42. The Morgan fingerprint density at radius 1 is 1.13 bits per heavy atom. The summed E-state index contributed by atoms with van der Waals surface area (Å²) in [6.07, 6.45) is 1.04. The van der Waals surface area contributed by atoms with E-state index in [1.54, 1.807) is 62.4 Å². The molecule has 2 aromatic rings. The van der Waals surface area contributed by atoms with E-state index in [0.717, 1.165) is 16.1 Å². The topological polar surface area (TPSA) is 86.8 Å². The Morgan fingerprint density at radius 2 is 1.74 bits per heavy atom. The zero-order chi connectivity index (χ0) is 23.2. The molecular formula is C21H25BrClN3O4S. The molecule has 0 aliphatic carbocycles. The summed E-state index contributed by atoms with van der Waals surface area (Å²) in [6.45, 7) is 3.50. The van der Waals surface area contributed by atoms with Crippen molar-refractivity contribution in [2.45, 2.75) is 26.4 Å². The number of nitrogens with one attached hydrogen (secondary N) is 1. The van der Waals surface area contributed by atoms with Gasteiger partial charge in [-0.1, -0.05) is 35.9 Å². The Bertz CT molecular complexity index is 1030. The van der Waals surface area contributed by atoms with Crippen molar-refractivity contribution >= 4 is 55.1 Å². The standard InChI is InChI=1S/C21H25BrClN3O4S/c1-4-24-21(28)15(2)25(13-16-9-11-17(23)12-10-16)20(27)14-26(31(3,29)30)19-8-6-5-7-18(19)22/h5-12,15H,4,13-14H2,1-3H3,(H,24,28). The molecule has 2 aromatic carbocycles. The second-order valence-corrected chi connectivity index (χ2v) is 10.1. The molecular weight excluding hydrogens is 506 g/mol. The Hall–Kier alpha value is -2.10. The van der Waals surface area contributed by atoms with Crippen molar-refractivity contribution in [3.05, 3.63) is 63.6 Å². The van der Waals surface area contributed by atoms with Crippen molar-refractivity contribution in [2.75, 3.05) is 23.7 Å². The fraction of sp³-hybridized carbons (Fsp3) is 0.333. The normalized spacial score (nSPS) is 12.2. The van der Waals surface area contributed by atoms with E-state index in [1.807, 2.05) is 0 Å². The number of hydrogen-bond acceptors (Lipinski definition) is 4. The molecule has 0 radical (unpaired) electrons. The third-order valence-corrected chi connectivity index (χ3v) is 6.63. The van der Waals surface area contributed by atoms with Crippen LogP contribution in [0.4, 0.5) is 5.69 Å². The van der Waals surface area contributed by atoms with Gasteiger partial charge in [0.1, 0.15) is 12.6 Å². The zero-order valence-corrected chi connectivity index (χ0v) is 20.7. The molecule has 1 N–H and O–H groups in total. The SMILES string of the molecule is CCNC(=O)C(C)N(Cc1ccc(Cl)cc1)C(=O)CN(c1ccccc1Br)S(C)(=O)=O. The van der Waals surface area contributed by atoms with Crippen LogP contribution in [-0.4, -0.2) is 50.5 Å². The van der Waals surface area contributed by atoms with Gasteiger partial charge in [-0.15, -0.1) is 0 Å². The van der Waals surface area contributed by atoms with Crippen LogP contribution < -0.4 is 9.62 Å². The van der Waals surface area contributed by atoms with Crippen molar-refractivity contribution < 1.29 is 18.0 Å². The average molecular weight is 531 g/mol. The summed E-state index contributed by atoms with van der Waals surface area (Å²) in [7, 11) is -3.77. The number of sulfonamides is 1. The lowest BCUT2D eigenvalue weighted by Crippen LogP contribution is -2.51. The van der Waals surface area contributed by atoms with Crippen LogP contribution in [-0.2, 0) is 26.2 Å². The lowest BCUT2D eigenvalue weighted by Gasteiger charge is -2.31. The molecule has 7 nitrogen and oxygen atoms in total. The lowest BCUT2D eigenvalue weighted by molar-refractivity contribution is -0.139. The highest BCUT2D eigenvalue weighted by Gasteiger charge is 2.30. The van der Waals surface area contributed by atoms with Crippen LogP contribution in [0.3, 0.4) is 0 Å². The first-order chi connectivity index (χ1) is 14.5. The number of anilines is 1. The molecule has 1 unspecified atom stereocenters. The van der Waals surface area contributed by atoms with Gasteiger partial charge < -0.3 is 10.2 Å². The molecule has 0 fully saturated rings. The van der Waals surface area contributed by atoms with Gasteiger partial charge in [-0.05, 0) is 59.6 Å². The maximum absolute atomic E-state index is 13.3. The van der Waals surface area contributed by atoms with Crippen molar-refractivity contribution in [1.82, 2.24) is 10.2 Å². The van der Waals surface area contributed by atoms with E-state index in [1.165, 1.54) is 4.90 Å². The highest BCUT2D eigenvalue weighted by Crippen LogP contribution is 2.28. The largest absolute Gasteiger partial charge is 0.355 e. The first kappa shape index (κ1) is 25.2. The molecule has 0 saturated carbocycles. The quantitative estimate of drug-likeness (QED) is 0.538. The summed E-state index contributed by atoms with van der Waals surface area (Å²) in [5.41, 5.74) is 1.11. The molecule has 0 bridgehead atoms. The molecule has 2 rings (SSSR count). The van der Waals surface area contributed by atoms with Gasteiger partial charge in [0.25, 0.3) is 0 Å². The second kappa shape index (κ2) is 11.0. The van der Waals surface area contributed by atoms with Crippen LogP contribution in [0.1, 0.15) is 19.4 Å². The monoisotopic (exact) mass is 529 g/mol. The minimum atomic E-state index is -3.77. The van der Waals surface area contributed by atoms with E-state index in [4.69, 9.17) is 11.6 Å². The summed E-state index contributed by atoms with van der Waals surface area (Å²) < 4.78 is 26.5. The molecule has 1 atom stereocenters. The second-order valence-electron chi connectivity index (χ2n) is 6.94. The first-order valence-corrected chi connectivity index (χ1v) is 12.6. The Labute approximate surface area is 196 Å². The maximum atomic E-state index is 13.3. The minimum absolute atomic E-state index is 0.127. The van der Waals surface area contributed by atoms with Gasteiger partial charge in [0.05, 0.1) is 11.9 Å². The smallest absolute Gasteiger partial charge is 0.244 e. The Morgan fingerprint density at radius 3 is 2.29 bits per heavy atom. The summed E-state index contributed by atoms with van der Waals surface area (Å²) in [5.74, 6) is -0.827. The fourth-order valence-corrected chi connectivity index (χ4v) is 4.54. The number of para-hydroxylation sites is 1. The number of carbonyl (C=O) groups is 2. The van der Waals surface area contributed by atoms with E-state index in [0.29, 0.717) is 21.7 Å². The van der Waals surface area contributed by atoms with Gasteiger partial charge in [-0.25, -0.2) is 8.42 Å². The van der Waals surface area contributed by atoms with E-state index in [2.05, 4.69) is 21.2 Å². The lowest BCUT2D eigenvalue weighted by atomic mass is 10.1. The highest BCUT2D eigenvalue weighted by molar-refractivity contribution is 9.10. The van der Waals surface area contributed by atoms with Crippen molar-refractivity contribution in [2.24, 2.45) is 0 Å². The maximum Gasteiger partial charge on any atom is 0.244 e. The molecule has 0 aliphatic rings. The van der Waals surface area contributed by atoms with Gasteiger partial charge in [0, 0.05) is 22.6 Å². The summed E-state index contributed by atoms with van der Waals surface area (Å²) in [5, 5.41) is 3.26. The number of nitrogens with zero attached hydrogens (tertiary/aromatic N) is 2. The molecule has 31 heavy (non-hydrogen) atoms. The highest BCUT2D eigenvalue weighted by atomic mass is 79.9. The third-order valence-electron chi connectivity index (χ3n) is 4.58. The molecule has 0 aromatic heterocycles. The van der Waals surface area contributed by atoms with Crippen LogP contribution in [0.5, 0.6) is 0 Å². The van der Waals surface area contributed by atoms with Crippen LogP contribution in [0, 0.1) is 0 Å². The van der Waals surface area contributed by atoms with Crippen LogP contribution in [0.25, 0.3) is 0 Å². The van der Waals surface area contributed by atoms with Crippen molar-refractivity contribution in [3.63, 3.8) is 0 Å². The molecule has 0 heterocycles. The Kier molecular flexibility index (Phi) is 8.90. The van der Waals surface area contributed by atoms with E-state index < -0.39 is 28.5 Å². The van der Waals surface area contributed by atoms with Gasteiger partial charge in [-0.2, -0.15) is 0 Å². The molecule has 10 heteroatoms. The molecule has 0 aliphatic heterocycles. The van der Waals surface area contributed by atoms with Gasteiger partial charge in [-0.3, -0.25) is 13.9 Å². The summed E-state index contributed by atoms with van der Waals surface area (Å²) >= 11 is 9.29. The number of carbonyl (C=O) groups excluding carboxylic acids is 2. The summed E-state index contributed by atoms with van der Waals surface area (Å²) in [6, 6.07) is 12.8. The van der Waals surface area contributed by atoms with Crippen LogP contribution >= 0.6 is 27.5 Å². The average Bonchev–Trinajstić information content (AvgIpc) is 2.71. The molecule has 0 saturated heterocycles. The van der Waals surface area contributed by atoms with Crippen LogP contribution in [0.15, 0.2) is 53.0 Å². The van der Waals surface area contributed by atoms with Crippen molar-refractivity contribution in [3.8, 4) is 0 Å². The number of halogens is 2. The molecule has 0 spiro atoms. The first-order valence-electron chi connectivity index (χ1n) is 9.58. The Balaban J connectivity index is 2.38. The molecule has 168 valence electrons. The van der Waals surface area contributed by atoms with E-state index >= 15 is 0 Å². The number of benzene rings is 2. The van der Waals surface area contributed by atoms with Crippen LogP contribution in [0.2, 0.25) is 5.02 Å². The van der Waals surface area contributed by atoms with Crippen molar-refractivity contribution in [1.29, 1.82) is 0 Å². The zero-order valence-electron chi connectivity index (χ0n) is 17.5. The summed E-state index contributed by atoms with van der Waals surface area (Å²) in [4.78, 5) is 27.1. The fourth-order valence-electron chi connectivity index (χ4n) is 2.94. The van der Waals surface area contributed by atoms with E-state index in [-0.39, 0.29) is 12.5 Å². The third kappa shape index (κ3) is 6.95. The predicted molar refractivity (Wildman–Crippen MR) is 126 cm³/mol.